The minimum atomic E-state index is -0.271. The Balaban J connectivity index is 2.09. The lowest BCUT2D eigenvalue weighted by atomic mass is 10.0. The number of rotatable bonds is 6. The van der Waals surface area contributed by atoms with Gasteiger partial charge in [-0.05, 0) is 50.5 Å². The molecule has 1 aromatic carbocycles. The number of nitrogens with zero attached hydrogens (tertiary/aromatic N) is 2. The van der Waals surface area contributed by atoms with E-state index in [0.717, 1.165) is 17.1 Å². The van der Waals surface area contributed by atoms with Crippen LogP contribution in [-0.4, -0.2) is 33.6 Å². The molecule has 130 valence electrons. The van der Waals surface area contributed by atoms with Crippen molar-refractivity contribution in [1.82, 2.24) is 15.1 Å². The van der Waals surface area contributed by atoms with Gasteiger partial charge in [-0.3, -0.25) is 0 Å². The summed E-state index contributed by atoms with van der Waals surface area (Å²) in [6.45, 7) is 8.03. The zero-order valence-corrected chi connectivity index (χ0v) is 14.7. The maximum atomic E-state index is 12.2. The number of hydrogen-bond donors (Lipinski definition) is 3. The van der Waals surface area contributed by atoms with E-state index in [1.807, 2.05) is 62.7 Å². The minimum Gasteiger partial charge on any atom is -0.396 e. The SMILES string of the molecule is Cc1cc(C)n(-c2cccc(NC(=O)NC(CCO)C(C)C)c2)n1. The Morgan fingerprint density at radius 3 is 2.62 bits per heavy atom. The lowest BCUT2D eigenvalue weighted by molar-refractivity contribution is 0.227. The molecule has 3 N–H and O–H groups in total. The Labute approximate surface area is 142 Å². The Bertz CT molecular complexity index is 694. The van der Waals surface area contributed by atoms with Crippen LogP contribution in [0, 0.1) is 19.8 Å². The number of urea groups is 1. The van der Waals surface area contributed by atoms with Crippen molar-refractivity contribution in [2.24, 2.45) is 5.92 Å². The number of hydrogen-bond acceptors (Lipinski definition) is 3. The van der Waals surface area contributed by atoms with E-state index >= 15 is 0 Å². The van der Waals surface area contributed by atoms with Crippen LogP contribution in [0.4, 0.5) is 10.5 Å². The van der Waals surface area contributed by atoms with Gasteiger partial charge in [-0.2, -0.15) is 5.10 Å². The van der Waals surface area contributed by atoms with Gasteiger partial charge in [0.15, 0.2) is 0 Å². The van der Waals surface area contributed by atoms with Crippen LogP contribution in [0.15, 0.2) is 30.3 Å². The Kier molecular flexibility index (Phi) is 5.98. The Morgan fingerprint density at radius 1 is 1.29 bits per heavy atom. The molecule has 0 aliphatic rings. The number of amides is 2. The fourth-order valence-electron chi connectivity index (χ4n) is 2.65. The molecule has 1 aromatic heterocycles. The molecule has 1 atom stereocenters. The molecule has 0 saturated carbocycles. The number of nitrogens with one attached hydrogen (secondary N) is 2. The lowest BCUT2D eigenvalue weighted by Gasteiger charge is -2.21. The van der Waals surface area contributed by atoms with Gasteiger partial charge in [-0.15, -0.1) is 0 Å². The summed E-state index contributed by atoms with van der Waals surface area (Å²) in [5.41, 5.74) is 3.59. The number of carbonyl (C=O) groups excluding carboxylic acids is 1. The van der Waals surface area contributed by atoms with Crippen LogP contribution < -0.4 is 10.6 Å². The van der Waals surface area contributed by atoms with Crippen LogP contribution in [0.2, 0.25) is 0 Å². The third kappa shape index (κ3) is 4.58. The van der Waals surface area contributed by atoms with Crippen molar-refractivity contribution < 1.29 is 9.90 Å². The Morgan fingerprint density at radius 2 is 2.04 bits per heavy atom. The Hall–Kier alpha value is -2.34. The van der Waals surface area contributed by atoms with E-state index in [-0.39, 0.29) is 24.6 Å². The molecule has 0 aliphatic carbocycles. The largest absolute Gasteiger partial charge is 0.396 e. The summed E-state index contributed by atoms with van der Waals surface area (Å²) in [4.78, 5) is 12.2. The van der Waals surface area contributed by atoms with Gasteiger partial charge in [0, 0.05) is 24.0 Å². The molecule has 2 rings (SSSR count). The molecular weight excluding hydrogens is 304 g/mol. The number of benzene rings is 1. The highest BCUT2D eigenvalue weighted by Gasteiger charge is 2.15. The smallest absolute Gasteiger partial charge is 0.319 e. The standard InChI is InChI=1S/C18H26N4O2/c1-12(2)17(8-9-23)20-18(24)19-15-6-5-7-16(11-15)22-14(4)10-13(3)21-22/h5-7,10-12,17,23H,8-9H2,1-4H3,(H2,19,20,24). The summed E-state index contributed by atoms with van der Waals surface area (Å²) < 4.78 is 1.85. The number of aliphatic hydroxyl groups is 1. The number of aliphatic hydroxyl groups excluding tert-OH is 1. The molecular formula is C18H26N4O2. The molecule has 6 heteroatoms. The zero-order chi connectivity index (χ0) is 17.7. The van der Waals surface area contributed by atoms with Gasteiger partial charge in [0.2, 0.25) is 0 Å². The summed E-state index contributed by atoms with van der Waals surface area (Å²) in [5.74, 6) is 0.254. The number of aromatic nitrogens is 2. The molecule has 24 heavy (non-hydrogen) atoms. The van der Waals surface area contributed by atoms with E-state index in [0.29, 0.717) is 12.1 Å². The summed E-state index contributed by atoms with van der Waals surface area (Å²) in [6, 6.07) is 9.23. The molecule has 0 aliphatic heterocycles. The van der Waals surface area contributed by atoms with E-state index < -0.39 is 0 Å². The van der Waals surface area contributed by atoms with Crippen molar-refractivity contribution >= 4 is 11.7 Å². The summed E-state index contributed by atoms with van der Waals surface area (Å²) in [5, 5.41) is 19.3. The predicted octanol–water partition coefficient (Wildman–Crippen LogP) is 3.02. The highest BCUT2D eigenvalue weighted by molar-refractivity contribution is 5.89. The number of aryl methyl sites for hydroxylation is 2. The first kappa shape index (κ1) is 18.0. The van der Waals surface area contributed by atoms with Gasteiger partial charge < -0.3 is 15.7 Å². The maximum Gasteiger partial charge on any atom is 0.319 e. The van der Waals surface area contributed by atoms with Crippen molar-refractivity contribution in [3.63, 3.8) is 0 Å². The number of carbonyl (C=O) groups is 1. The second kappa shape index (κ2) is 7.97. The van der Waals surface area contributed by atoms with E-state index in [4.69, 9.17) is 5.11 Å². The molecule has 6 nitrogen and oxygen atoms in total. The van der Waals surface area contributed by atoms with Gasteiger partial charge in [-0.25, -0.2) is 9.48 Å². The van der Waals surface area contributed by atoms with Crippen LogP contribution in [0.3, 0.4) is 0 Å². The fourth-order valence-corrected chi connectivity index (χ4v) is 2.65. The van der Waals surface area contributed by atoms with E-state index in [2.05, 4.69) is 15.7 Å². The van der Waals surface area contributed by atoms with Gasteiger partial charge in [0.05, 0.1) is 11.4 Å². The maximum absolute atomic E-state index is 12.2. The highest BCUT2D eigenvalue weighted by Crippen LogP contribution is 2.17. The molecule has 1 unspecified atom stereocenters. The fraction of sp³-hybridized carbons (Fsp3) is 0.444. The third-order valence-corrected chi connectivity index (χ3v) is 3.92. The summed E-state index contributed by atoms with van der Waals surface area (Å²) in [7, 11) is 0. The van der Waals surface area contributed by atoms with Crippen LogP contribution in [0.25, 0.3) is 5.69 Å². The zero-order valence-electron chi connectivity index (χ0n) is 14.7. The topological polar surface area (TPSA) is 79.2 Å². The summed E-state index contributed by atoms with van der Waals surface area (Å²) >= 11 is 0. The first-order valence-corrected chi connectivity index (χ1v) is 8.22. The average Bonchev–Trinajstić information content (AvgIpc) is 2.85. The third-order valence-electron chi connectivity index (χ3n) is 3.92. The van der Waals surface area contributed by atoms with Gasteiger partial charge in [0.25, 0.3) is 0 Å². The average molecular weight is 330 g/mol. The second-order valence-corrected chi connectivity index (χ2v) is 6.35. The molecule has 0 spiro atoms. The molecule has 0 fully saturated rings. The summed E-state index contributed by atoms with van der Waals surface area (Å²) in [6.07, 6.45) is 0.539. The molecule has 1 heterocycles. The number of anilines is 1. The van der Waals surface area contributed by atoms with Gasteiger partial charge in [-0.1, -0.05) is 19.9 Å². The van der Waals surface area contributed by atoms with Crippen LogP contribution in [0.1, 0.15) is 31.7 Å². The van der Waals surface area contributed by atoms with Crippen molar-refractivity contribution in [1.29, 1.82) is 0 Å². The molecule has 2 aromatic rings. The van der Waals surface area contributed by atoms with E-state index in [1.165, 1.54) is 0 Å². The normalized spacial score (nSPS) is 12.2. The molecule has 0 bridgehead atoms. The highest BCUT2D eigenvalue weighted by atomic mass is 16.3. The predicted molar refractivity (Wildman–Crippen MR) is 95.5 cm³/mol. The van der Waals surface area contributed by atoms with Crippen LogP contribution in [0.5, 0.6) is 0 Å². The molecule has 0 radical (unpaired) electrons. The van der Waals surface area contributed by atoms with Crippen molar-refractivity contribution in [3.8, 4) is 5.69 Å². The van der Waals surface area contributed by atoms with Crippen molar-refractivity contribution in [2.45, 2.75) is 40.2 Å². The van der Waals surface area contributed by atoms with Crippen LogP contribution in [-0.2, 0) is 0 Å². The molecule has 2 amide bonds. The van der Waals surface area contributed by atoms with Crippen molar-refractivity contribution in [3.05, 3.63) is 41.7 Å². The second-order valence-electron chi connectivity index (χ2n) is 6.35. The quantitative estimate of drug-likeness (QED) is 0.762. The monoisotopic (exact) mass is 330 g/mol. The van der Waals surface area contributed by atoms with Crippen molar-refractivity contribution in [2.75, 3.05) is 11.9 Å². The minimum absolute atomic E-state index is 0.0521. The first-order valence-electron chi connectivity index (χ1n) is 8.22. The molecule has 0 saturated heterocycles. The van der Waals surface area contributed by atoms with E-state index in [9.17, 15) is 4.79 Å². The lowest BCUT2D eigenvalue weighted by Crippen LogP contribution is -2.41. The van der Waals surface area contributed by atoms with Gasteiger partial charge >= 0.3 is 6.03 Å². The first-order chi connectivity index (χ1) is 11.4. The van der Waals surface area contributed by atoms with Crippen LogP contribution >= 0.6 is 0 Å². The van der Waals surface area contributed by atoms with E-state index in [1.54, 1.807) is 0 Å². The van der Waals surface area contributed by atoms with Gasteiger partial charge in [0.1, 0.15) is 0 Å².